The summed E-state index contributed by atoms with van der Waals surface area (Å²) < 4.78 is 21.3. The third-order valence-corrected chi connectivity index (χ3v) is 4.59. The molecule has 0 spiro atoms. The minimum Gasteiger partial charge on any atom is -0.394 e. The topological polar surface area (TPSA) is 205 Å². The van der Waals surface area contributed by atoms with Gasteiger partial charge in [-0.25, -0.2) is 0 Å². The van der Waals surface area contributed by atoms with Crippen LogP contribution in [0.3, 0.4) is 0 Å². The fourth-order valence-corrected chi connectivity index (χ4v) is 2.98. The first-order chi connectivity index (χ1) is 12.8. The molecule has 12 heteroatoms. The number of ether oxygens (including phenoxy) is 4. The quantitative estimate of drug-likeness (QED) is 0.181. The first-order valence-electron chi connectivity index (χ1n) is 8.75. The molecule has 6 unspecified atom stereocenters. The maximum absolute atomic E-state index is 10.4. The van der Waals surface area contributed by atoms with Crippen LogP contribution in [-0.2, 0) is 18.9 Å². The third-order valence-electron chi connectivity index (χ3n) is 4.59. The number of aliphatic hydroxyl groups excluding tert-OH is 7. The molecule has 2 aliphatic rings. The van der Waals surface area contributed by atoms with Crippen LogP contribution >= 0.6 is 0 Å². The molecule has 0 aromatic rings. The smallest absolute Gasteiger partial charge is 0.187 e. The van der Waals surface area contributed by atoms with Gasteiger partial charge in [0.15, 0.2) is 12.6 Å². The van der Waals surface area contributed by atoms with Gasteiger partial charge in [-0.1, -0.05) is 0 Å². The van der Waals surface area contributed by atoms with E-state index in [1.54, 1.807) is 0 Å². The van der Waals surface area contributed by atoms with Crippen molar-refractivity contribution < 1.29 is 54.7 Å². The SMILES string of the molecule is NCCCO[C@@H]1OC(CO)[C@@H](O[C@@H]2OC(CO)[C@H](O)C(O)C2O)C(O)C1O. The van der Waals surface area contributed by atoms with E-state index >= 15 is 0 Å². The molecule has 27 heavy (non-hydrogen) atoms. The van der Waals surface area contributed by atoms with Crippen LogP contribution in [0.15, 0.2) is 0 Å². The Balaban J connectivity index is 2.06. The van der Waals surface area contributed by atoms with Gasteiger partial charge in [-0.05, 0) is 13.0 Å². The molecule has 0 amide bonds. The van der Waals surface area contributed by atoms with E-state index in [9.17, 15) is 35.7 Å². The van der Waals surface area contributed by atoms with E-state index in [0.29, 0.717) is 13.0 Å². The zero-order valence-corrected chi connectivity index (χ0v) is 14.6. The van der Waals surface area contributed by atoms with Crippen LogP contribution < -0.4 is 5.73 Å². The lowest BCUT2D eigenvalue weighted by atomic mass is 9.97. The highest BCUT2D eigenvalue weighted by Gasteiger charge is 2.50. The van der Waals surface area contributed by atoms with Gasteiger partial charge in [0.25, 0.3) is 0 Å². The van der Waals surface area contributed by atoms with Gasteiger partial charge in [0.1, 0.15) is 48.8 Å². The fraction of sp³-hybridized carbons (Fsp3) is 1.00. The molecule has 2 saturated heterocycles. The van der Waals surface area contributed by atoms with Gasteiger partial charge >= 0.3 is 0 Å². The van der Waals surface area contributed by atoms with Crippen molar-refractivity contribution in [3.8, 4) is 0 Å². The lowest BCUT2D eigenvalue weighted by Crippen LogP contribution is -2.64. The molecule has 0 aromatic heterocycles. The average Bonchev–Trinajstić information content (AvgIpc) is 2.67. The van der Waals surface area contributed by atoms with E-state index in [4.69, 9.17) is 24.7 Å². The summed E-state index contributed by atoms with van der Waals surface area (Å²) in [6.07, 6.45) is -14.0. The van der Waals surface area contributed by atoms with Crippen LogP contribution in [0.5, 0.6) is 0 Å². The lowest BCUT2D eigenvalue weighted by Gasteiger charge is -2.45. The molecule has 12 nitrogen and oxygen atoms in total. The zero-order chi connectivity index (χ0) is 20.1. The highest BCUT2D eigenvalue weighted by Crippen LogP contribution is 2.29. The van der Waals surface area contributed by atoms with Gasteiger partial charge in [0.05, 0.1) is 19.8 Å². The predicted molar refractivity (Wildman–Crippen MR) is 86.0 cm³/mol. The van der Waals surface area contributed by atoms with E-state index in [-0.39, 0.29) is 6.61 Å². The van der Waals surface area contributed by atoms with E-state index in [1.807, 2.05) is 0 Å². The van der Waals surface area contributed by atoms with Crippen molar-refractivity contribution >= 4 is 0 Å². The Morgan fingerprint density at radius 1 is 0.741 bits per heavy atom. The molecule has 2 fully saturated rings. The van der Waals surface area contributed by atoms with Gasteiger partial charge in [0, 0.05) is 0 Å². The van der Waals surface area contributed by atoms with Gasteiger partial charge in [-0.15, -0.1) is 0 Å². The van der Waals surface area contributed by atoms with Crippen LogP contribution in [0.1, 0.15) is 6.42 Å². The second-order valence-corrected chi connectivity index (χ2v) is 6.52. The first-order valence-corrected chi connectivity index (χ1v) is 8.75. The number of hydrogen-bond acceptors (Lipinski definition) is 12. The van der Waals surface area contributed by atoms with Crippen molar-refractivity contribution in [1.29, 1.82) is 0 Å². The molecular weight excluding hydrogens is 370 g/mol. The summed E-state index contributed by atoms with van der Waals surface area (Å²) in [7, 11) is 0. The summed E-state index contributed by atoms with van der Waals surface area (Å²) in [5.41, 5.74) is 5.36. The second kappa shape index (κ2) is 10.3. The molecule has 0 aliphatic carbocycles. The molecule has 2 aliphatic heterocycles. The summed E-state index contributed by atoms with van der Waals surface area (Å²) in [6, 6.07) is 0. The summed E-state index contributed by atoms with van der Waals surface area (Å²) in [5.74, 6) is 0. The van der Waals surface area contributed by atoms with E-state index in [2.05, 4.69) is 0 Å². The Labute approximate surface area is 155 Å². The minimum absolute atomic E-state index is 0.168. The van der Waals surface area contributed by atoms with Crippen molar-refractivity contribution in [3.05, 3.63) is 0 Å². The van der Waals surface area contributed by atoms with Crippen molar-refractivity contribution in [2.45, 2.75) is 67.8 Å². The highest BCUT2D eigenvalue weighted by molar-refractivity contribution is 4.94. The van der Waals surface area contributed by atoms with E-state index < -0.39 is 74.6 Å². The molecule has 0 saturated carbocycles. The first kappa shape index (κ1) is 22.8. The van der Waals surface area contributed by atoms with Crippen LogP contribution in [0.25, 0.3) is 0 Å². The second-order valence-electron chi connectivity index (χ2n) is 6.52. The monoisotopic (exact) mass is 399 g/mol. The van der Waals surface area contributed by atoms with Crippen LogP contribution in [0, 0.1) is 0 Å². The Kier molecular flexibility index (Phi) is 8.73. The van der Waals surface area contributed by atoms with Crippen LogP contribution in [-0.4, -0.2) is 124 Å². The van der Waals surface area contributed by atoms with Gasteiger partial charge < -0.3 is 60.4 Å². The van der Waals surface area contributed by atoms with Gasteiger partial charge in [-0.2, -0.15) is 0 Å². The molecular formula is C15H29NO11. The Bertz CT molecular complexity index is 440. The lowest BCUT2D eigenvalue weighted by molar-refractivity contribution is -0.359. The Morgan fingerprint density at radius 2 is 1.33 bits per heavy atom. The van der Waals surface area contributed by atoms with Crippen molar-refractivity contribution in [1.82, 2.24) is 0 Å². The summed E-state index contributed by atoms with van der Waals surface area (Å²) in [4.78, 5) is 0. The molecule has 2 heterocycles. The summed E-state index contributed by atoms with van der Waals surface area (Å²) >= 11 is 0. The van der Waals surface area contributed by atoms with Crippen molar-refractivity contribution in [2.75, 3.05) is 26.4 Å². The van der Waals surface area contributed by atoms with Gasteiger partial charge in [0.2, 0.25) is 0 Å². The molecule has 0 aromatic carbocycles. The normalized spacial score (nSPS) is 45.8. The number of nitrogens with two attached hydrogens (primary N) is 1. The Hall–Kier alpha value is -0.480. The number of hydrogen-bond donors (Lipinski definition) is 8. The van der Waals surface area contributed by atoms with Crippen molar-refractivity contribution in [3.63, 3.8) is 0 Å². The summed E-state index contributed by atoms with van der Waals surface area (Å²) in [6.45, 7) is -0.737. The summed E-state index contributed by atoms with van der Waals surface area (Å²) in [5, 5.41) is 68.9. The Morgan fingerprint density at radius 3 is 1.93 bits per heavy atom. The zero-order valence-electron chi connectivity index (χ0n) is 14.6. The van der Waals surface area contributed by atoms with Crippen molar-refractivity contribution in [2.24, 2.45) is 5.73 Å². The molecule has 9 N–H and O–H groups in total. The van der Waals surface area contributed by atoms with E-state index in [0.717, 1.165) is 0 Å². The predicted octanol–water partition coefficient (Wildman–Crippen LogP) is -5.02. The molecule has 160 valence electrons. The van der Waals surface area contributed by atoms with Gasteiger partial charge in [-0.3, -0.25) is 0 Å². The number of aliphatic hydroxyl groups is 7. The van der Waals surface area contributed by atoms with E-state index in [1.165, 1.54) is 0 Å². The van der Waals surface area contributed by atoms with Crippen LogP contribution in [0.2, 0.25) is 0 Å². The minimum atomic E-state index is -1.70. The maximum atomic E-state index is 10.4. The average molecular weight is 399 g/mol. The largest absolute Gasteiger partial charge is 0.394 e. The maximum Gasteiger partial charge on any atom is 0.187 e. The molecule has 0 bridgehead atoms. The van der Waals surface area contributed by atoms with Crippen LogP contribution in [0.4, 0.5) is 0 Å². The standard InChI is InChI=1S/C15H29NO11/c16-2-1-3-24-14-12(23)10(21)13(7(5-18)26-14)27-15-11(22)9(20)8(19)6(4-17)25-15/h6-15,17-23H,1-5,16H2/t6?,7?,8-,9?,10?,11?,12?,13+,14+,15-/m0/s1. The highest BCUT2D eigenvalue weighted by atomic mass is 16.7. The molecule has 2 rings (SSSR count). The fourth-order valence-electron chi connectivity index (χ4n) is 2.98. The molecule has 10 atom stereocenters. The number of rotatable bonds is 8. The third kappa shape index (κ3) is 5.12. The molecule has 0 radical (unpaired) electrons.